The zero-order chi connectivity index (χ0) is 15.1. The maximum absolute atomic E-state index is 11.6. The molecule has 6 nitrogen and oxygen atoms in total. The third-order valence-corrected chi connectivity index (χ3v) is 2.76. The van der Waals surface area contributed by atoms with E-state index in [-0.39, 0.29) is 6.04 Å². The first-order valence-electron chi connectivity index (χ1n) is 6.28. The molecule has 1 aromatic carbocycles. The summed E-state index contributed by atoms with van der Waals surface area (Å²) in [7, 11) is 1.29. The third-order valence-electron chi connectivity index (χ3n) is 2.76. The summed E-state index contributed by atoms with van der Waals surface area (Å²) in [6.45, 7) is 3.73. The lowest BCUT2D eigenvalue weighted by Crippen LogP contribution is -2.40. The number of rotatable bonds is 4. The minimum absolute atomic E-state index is 0.0602. The quantitative estimate of drug-likeness (QED) is 0.642. The SMILES string of the molecule is CCC(C)NC(=O)C(=O)Nc1ccc(C(=O)OC)cc1. The number of carbonyl (C=O) groups excluding carboxylic acids is 3. The Morgan fingerprint density at radius 1 is 1.15 bits per heavy atom. The van der Waals surface area contributed by atoms with E-state index in [1.807, 2.05) is 13.8 Å². The van der Waals surface area contributed by atoms with Gasteiger partial charge in [0.15, 0.2) is 0 Å². The Morgan fingerprint density at radius 2 is 1.75 bits per heavy atom. The van der Waals surface area contributed by atoms with Crippen LogP contribution < -0.4 is 10.6 Å². The van der Waals surface area contributed by atoms with Gasteiger partial charge in [-0.3, -0.25) is 9.59 Å². The summed E-state index contributed by atoms with van der Waals surface area (Å²) in [5, 5.41) is 5.02. The molecule has 1 aromatic rings. The van der Waals surface area contributed by atoms with Gasteiger partial charge in [0.2, 0.25) is 0 Å². The van der Waals surface area contributed by atoms with Gasteiger partial charge in [0, 0.05) is 11.7 Å². The Balaban J connectivity index is 2.62. The first-order chi connectivity index (χ1) is 9.47. The smallest absolute Gasteiger partial charge is 0.337 e. The predicted octanol–water partition coefficient (Wildman–Crippen LogP) is 1.33. The van der Waals surface area contributed by atoms with Gasteiger partial charge in [-0.05, 0) is 37.6 Å². The molecule has 0 bridgehead atoms. The number of esters is 1. The van der Waals surface area contributed by atoms with Crippen LogP contribution in [0.1, 0.15) is 30.6 Å². The van der Waals surface area contributed by atoms with Gasteiger partial charge >= 0.3 is 17.8 Å². The normalized spacial score (nSPS) is 11.3. The van der Waals surface area contributed by atoms with Crippen LogP contribution in [-0.4, -0.2) is 30.9 Å². The predicted molar refractivity (Wildman–Crippen MR) is 74.3 cm³/mol. The van der Waals surface area contributed by atoms with Gasteiger partial charge in [0.25, 0.3) is 0 Å². The number of ether oxygens (including phenoxy) is 1. The summed E-state index contributed by atoms with van der Waals surface area (Å²) in [5.41, 5.74) is 0.802. The van der Waals surface area contributed by atoms with E-state index in [4.69, 9.17) is 0 Å². The summed E-state index contributed by atoms with van der Waals surface area (Å²) >= 11 is 0. The van der Waals surface area contributed by atoms with E-state index in [9.17, 15) is 14.4 Å². The zero-order valence-electron chi connectivity index (χ0n) is 11.7. The maximum atomic E-state index is 11.6. The van der Waals surface area contributed by atoms with Gasteiger partial charge < -0.3 is 15.4 Å². The van der Waals surface area contributed by atoms with Crippen molar-refractivity contribution in [2.75, 3.05) is 12.4 Å². The Hall–Kier alpha value is -2.37. The summed E-state index contributed by atoms with van der Waals surface area (Å²) < 4.78 is 4.56. The molecule has 0 aliphatic heterocycles. The van der Waals surface area contributed by atoms with Crippen LogP contribution in [0.3, 0.4) is 0 Å². The fourth-order valence-corrected chi connectivity index (χ4v) is 1.39. The van der Waals surface area contributed by atoms with Crippen molar-refractivity contribution in [3.05, 3.63) is 29.8 Å². The highest BCUT2D eigenvalue weighted by Crippen LogP contribution is 2.10. The van der Waals surface area contributed by atoms with Crippen LogP contribution in [0, 0.1) is 0 Å². The highest BCUT2D eigenvalue weighted by molar-refractivity contribution is 6.39. The van der Waals surface area contributed by atoms with Gasteiger partial charge in [-0.2, -0.15) is 0 Å². The molecule has 0 spiro atoms. The number of carbonyl (C=O) groups is 3. The van der Waals surface area contributed by atoms with Crippen LogP contribution in [-0.2, 0) is 14.3 Å². The minimum Gasteiger partial charge on any atom is -0.465 e. The molecule has 0 fully saturated rings. The van der Waals surface area contributed by atoms with E-state index in [0.29, 0.717) is 11.3 Å². The fourth-order valence-electron chi connectivity index (χ4n) is 1.39. The van der Waals surface area contributed by atoms with Crippen LogP contribution >= 0.6 is 0 Å². The minimum atomic E-state index is -0.740. The Labute approximate surface area is 117 Å². The van der Waals surface area contributed by atoms with Gasteiger partial charge in [-0.15, -0.1) is 0 Å². The van der Waals surface area contributed by atoms with Crippen molar-refractivity contribution in [1.29, 1.82) is 0 Å². The van der Waals surface area contributed by atoms with Crippen molar-refractivity contribution in [2.24, 2.45) is 0 Å². The van der Waals surface area contributed by atoms with Crippen molar-refractivity contribution in [1.82, 2.24) is 5.32 Å². The molecule has 1 rings (SSSR count). The molecule has 0 aromatic heterocycles. The van der Waals surface area contributed by atoms with Crippen molar-refractivity contribution >= 4 is 23.5 Å². The highest BCUT2D eigenvalue weighted by atomic mass is 16.5. The van der Waals surface area contributed by atoms with Crippen LogP contribution in [0.4, 0.5) is 5.69 Å². The molecule has 1 unspecified atom stereocenters. The summed E-state index contributed by atoms with van der Waals surface area (Å²) in [6.07, 6.45) is 0.743. The molecule has 20 heavy (non-hydrogen) atoms. The number of benzene rings is 1. The number of hydrogen-bond donors (Lipinski definition) is 2. The molecule has 0 radical (unpaired) electrons. The molecule has 2 amide bonds. The molecule has 1 atom stereocenters. The van der Waals surface area contributed by atoms with Crippen molar-refractivity contribution in [3.63, 3.8) is 0 Å². The molecule has 2 N–H and O–H groups in total. The van der Waals surface area contributed by atoms with E-state index >= 15 is 0 Å². The second kappa shape index (κ2) is 7.28. The van der Waals surface area contributed by atoms with Crippen molar-refractivity contribution in [3.8, 4) is 0 Å². The van der Waals surface area contributed by atoms with Gasteiger partial charge in [-0.1, -0.05) is 6.92 Å². The Bertz CT molecular complexity index is 496. The number of hydrogen-bond acceptors (Lipinski definition) is 4. The monoisotopic (exact) mass is 278 g/mol. The number of amides is 2. The molecule has 0 saturated heterocycles. The van der Waals surface area contributed by atoms with Crippen LogP contribution in [0.5, 0.6) is 0 Å². The van der Waals surface area contributed by atoms with Crippen LogP contribution in [0.15, 0.2) is 24.3 Å². The molecule has 6 heteroatoms. The standard InChI is InChI=1S/C14H18N2O4/c1-4-9(2)15-12(17)13(18)16-11-7-5-10(6-8-11)14(19)20-3/h5-9H,4H2,1-3H3,(H,15,17)(H,16,18). The number of nitrogens with one attached hydrogen (secondary N) is 2. The van der Waals surface area contributed by atoms with Crippen LogP contribution in [0.2, 0.25) is 0 Å². The first kappa shape index (κ1) is 15.7. The molecule has 0 aliphatic rings. The number of methoxy groups -OCH3 is 1. The summed E-state index contributed by atoms with van der Waals surface area (Å²) in [6, 6.07) is 6.01. The lowest BCUT2D eigenvalue weighted by Gasteiger charge is -2.11. The average Bonchev–Trinajstić information content (AvgIpc) is 2.46. The summed E-state index contributed by atoms with van der Waals surface area (Å²) in [5.74, 6) is -1.88. The maximum Gasteiger partial charge on any atom is 0.337 e. The van der Waals surface area contributed by atoms with Gasteiger partial charge in [0.1, 0.15) is 0 Å². The lowest BCUT2D eigenvalue weighted by molar-refractivity contribution is -0.136. The molecule has 0 heterocycles. The first-order valence-corrected chi connectivity index (χ1v) is 6.28. The van der Waals surface area contributed by atoms with E-state index in [2.05, 4.69) is 15.4 Å². The molecular weight excluding hydrogens is 260 g/mol. The van der Waals surface area contributed by atoms with E-state index in [0.717, 1.165) is 6.42 Å². The second-order valence-electron chi connectivity index (χ2n) is 4.31. The van der Waals surface area contributed by atoms with Crippen molar-refractivity contribution in [2.45, 2.75) is 26.3 Å². The van der Waals surface area contributed by atoms with Crippen LogP contribution in [0.25, 0.3) is 0 Å². The second-order valence-corrected chi connectivity index (χ2v) is 4.31. The number of anilines is 1. The topological polar surface area (TPSA) is 84.5 Å². The highest BCUT2D eigenvalue weighted by Gasteiger charge is 2.15. The zero-order valence-corrected chi connectivity index (χ0v) is 11.7. The largest absolute Gasteiger partial charge is 0.465 e. The molecule has 0 saturated carbocycles. The fraction of sp³-hybridized carbons (Fsp3) is 0.357. The average molecular weight is 278 g/mol. The van der Waals surface area contributed by atoms with E-state index in [1.165, 1.54) is 31.4 Å². The Kier molecular flexibility index (Phi) is 5.71. The van der Waals surface area contributed by atoms with E-state index < -0.39 is 17.8 Å². The third kappa shape index (κ3) is 4.38. The Morgan fingerprint density at radius 3 is 2.25 bits per heavy atom. The lowest BCUT2D eigenvalue weighted by atomic mass is 10.2. The molecule has 108 valence electrons. The molecular formula is C14H18N2O4. The summed E-state index contributed by atoms with van der Waals surface area (Å²) in [4.78, 5) is 34.4. The van der Waals surface area contributed by atoms with Crippen molar-refractivity contribution < 1.29 is 19.1 Å². The van der Waals surface area contributed by atoms with E-state index in [1.54, 1.807) is 0 Å². The van der Waals surface area contributed by atoms with Gasteiger partial charge in [0.05, 0.1) is 12.7 Å². The van der Waals surface area contributed by atoms with Gasteiger partial charge in [-0.25, -0.2) is 4.79 Å². The molecule has 0 aliphatic carbocycles.